The van der Waals surface area contributed by atoms with Gasteiger partial charge in [-0.1, -0.05) is 11.3 Å². The molecule has 0 radical (unpaired) electrons. The number of benzene rings is 1. The second kappa shape index (κ2) is 4.11. The van der Waals surface area contributed by atoms with Crippen LogP contribution < -0.4 is 11.1 Å². The molecule has 3 rings (SSSR count). The summed E-state index contributed by atoms with van der Waals surface area (Å²) in [5, 5.41) is 11.4. The van der Waals surface area contributed by atoms with Crippen molar-refractivity contribution in [1.82, 2.24) is 15.2 Å². The molecule has 18 heavy (non-hydrogen) atoms. The van der Waals surface area contributed by atoms with Gasteiger partial charge in [-0.05, 0) is 18.2 Å². The highest BCUT2D eigenvalue weighted by molar-refractivity contribution is 7.13. The van der Waals surface area contributed by atoms with Gasteiger partial charge in [0.25, 0.3) is 5.91 Å². The molecule has 1 amide bonds. The van der Waals surface area contributed by atoms with E-state index in [0.29, 0.717) is 16.4 Å². The quantitative estimate of drug-likeness (QED) is 0.612. The molecule has 0 aliphatic rings. The van der Waals surface area contributed by atoms with Crippen LogP contribution in [0.1, 0.15) is 10.4 Å². The SMILES string of the molecule is Nc1ccc2c(C(=O)Nc3nncs3)c[nH]c2c1. The number of nitrogens with zero attached hydrogens (tertiary/aromatic N) is 2. The van der Waals surface area contributed by atoms with Gasteiger partial charge in [-0.2, -0.15) is 0 Å². The van der Waals surface area contributed by atoms with Crippen molar-refractivity contribution in [3.05, 3.63) is 35.5 Å². The standard InChI is InChI=1S/C11H9N5OS/c12-6-1-2-7-8(4-13-9(7)3-6)10(17)15-11-16-14-5-18-11/h1-5,13H,12H2,(H,15,16,17). The number of carbonyl (C=O) groups is 1. The molecule has 1 aromatic carbocycles. The van der Waals surface area contributed by atoms with E-state index in [2.05, 4.69) is 20.5 Å². The van der Waals surface area contributed by atoms with Crippen LogP contribution in [0.4, 0.5) is 10.8 Å². The van der Waals surface area contributed by atoms with Gasteiger partial charge in [0.2, 0.25) is 5.13 Å². The Morgan fingerprint density at radius 2 is 2.33 bits per heavy atom. The molecule has 0 aliphatic carbocycles. The predicted octanol–water partition coefficient (Wildman–Crippen LogP) is 1.85. The molecular weight excluding hydrogens is 250 g/mol. The second-order valence-corrected chi connectivity index (χ2v) is 4.54. The molecule has 0 saturated heterocycles. The summed E-state index contributed by atoms with van der Waals surface area (Å²) in [5.41, 5.74) is 9.28. The third-order valence-corrected chi connectivity index (χ3v) is 3.14. The summed E-state index contributed by atoms with van der Waals surface area (Å²) >= 11 is 1.27. The molecule has 90 valence electrons. The summed E-state index contributed by atoms with van der Waals surface area (Å²) in [4.78, 5) is 15.1. The number of fused-ring (bicyclic) bond motifs is 1. The smallest absolute Gasteiger partial charge is 0.259 e. The van der Waals surface area contributed by atoms with E-state index < -0.39 is 0 Å². The van der Waals surface area contributed by atoms with E-state index in [1.54, 1.807) is 23.8 Å². The van der Waals surface area contributed by atoms with Crippen LogP contribution in [0.2, 0.25) is 0 Å². The molecule has 4 N–H and O–H groups in total. The van der Waals surface area contributed by atoms with Crippen LogP contribution in [0.3, 0.4) is 0 Å². The molecule has 0 unspecified atom stereocenters. The number of H-pyrrole nitrogens is 1. The van der Waals surface area contributed by atoms with Gasteiger partial charge in [0.1, 0.15) is 5.51 Å². The van der Waals surface area contributed by atoms with Gasteiger partial charge < -0.3 is 10.7 Å². The third kappa shape index (κ3) is 1.80. The molecule has 0 fully saturated rings. The van der Waals surface area contributed by atoms with Crippen molar-refractivity contribution >= 4 is 39.0 Å². The fourth-order valence-electron chi connectivity index (χ4n) is 1.72. The van der Waals surface area contributed by atoms with Gasteiger partial charge in [0, 0.05) is 22.8 Å². The highest BCUT2D eigenvalue weighted by Crippen LogP contribution is 2.21. The number of hydrogen-bond acceptors (Lipinski definition) is 5. The van der Waals surface area contributed by atoms with Crippen LogP contribution in [0.15, 0.2) is 29.9 Å². The summed E-state index contributed by atoms with van der Waals surface area (Å²) in [6.45, 7) is 0. The maximum Gasteiger partial charge on any atom is 0.259 e. The van der Waals surface area contributed by atoms with Crippen LogP contribution in [-0.4, -0.2) is 21.1 Å². The summed E-state index contributed by atoms with van der Waals surface area (Å²) in [6.07, 6.45) is 1.65. The largest absolute Gasteiger partial charge is 0.399 e. The summed E-state index contributed by atoms with van der Waals surface area (Å²) in [5.74, 6) is -0.220. The first kappa shape index (κ1) is 10.7. The van der Waals surface area contributed by atoms with Crippen molar-refractivity contribution in [2.24, 2.45) is 0 Å². The van der Waals surface area contributed by atoms with Gasteiger partial charge in [0.15, 0.2) is 0 Å². The molecule has 0 spiro atoms. The molecule has 3 aromatic rings. The molecule has 2 aromatic heterocycles. The van der Waals surface area contributed by atoms with Crippen molar-refractivity contribution < 1.29 is 4.79 Å². The summed E-state index contributed by atoms with van der Waals surface area (Å²) < 4.78 is 0. The summed E-state index contributed by atoms with van der Waals surface area (Å²) in [7, 11) is 0. The number of anilines is 2. The number of nitrogens with two attached hydrogens (primary N) is 1. The second-order valence-electron chi connectivity index (χ2n) is 3.71. The normalized spacial score (nSPS) is 10.7. The number of hydrogen-bond donors (Lipinski definition) is 3. The minimum atomic E-state index is -0.220. The highest BCUT2D eigenvalue weighted by Gasteiger charge is 2.13. The van der Waals surface area contributed by atoms with E-state index in [1.165, 1.54) is 11.3 Å². The lowest BCUT2D eigenvalue weighted by Crippen LogP contribution is -2.11. The topological polar surface area (TPSA) is 96.7 Å². The number of amides is 1. The summed E-state index contributed by atoms with van der Waals surface area (Å²) in [6, 6.07) is 5.37. The number of aromatic nitrogens is 3. The van der Waals surface area contributed by atoms with Crippen molar-refractivity contribution in [3.8, 4) is 0 Å². The van der Waals surface area contributed by atoms with Crippen LogP contribution >= 0.6 is 11.3 Å². The molecule has 2 heterocycles. The number of nitrogens with one attached hydrogen (secondary N) is 2. The Morgan fingerprint density at radius 3 is 3.11 bits per heavy atom. The number of carbonyl (C=O) groups excluding carboxylic acids is 1. The molecule has 6 nitrogen and oxygen atoms in total. The van der Waals surface area contributed by atoms with Crippen molar-refractivity contribution in [1.29, 1.82) is 0 Å². The van der Waals surface area contributed by atoms with Crippen molar-refractivity contribution in [2.75, 3.05) is 11.1 Å². The fourth-order valence-corrected chi connectivity index (χ4v) is 2.16. The van der Waals surface area contributed by atoms with E-state index in [-0.39, 0.29) is 5.91 Å². The van der Waals surface area contributed by atoms with Gasteiger partial charge >= 0.3 is 0 Å². The van der Waals surface area contributed by atoms with E-state index in [0.717, 1.165) is 10.9 Å². The molecule has 0 aliphatic heterocycles. The molecular formula is C11H9N5OS. The zero-order valence-corrected chi connectivity index (χ0v) is 9.99. The van der Waals surface area contributed by atoms with Gasteiger partial charge in [-0.3, -0.25) is 10.1 Å². The maximum atomic E-state index is 12.0. The zero-order valence-electron chi connectivity index (χ0n) is 9.18. The Labute approximate surface area is 106 Å². The van der Waals surface area contributed by atoms with Gasteiger partial charge in [-0.15, -0.1) is 10.2 Å². The molecule has 0 bridgehead atoms. The Bertz CT molecular complexity index is 703. The number of aromatic amines is 1. The van der Waals surface area contributed by atoms with E-state index in [1.807, 2.05) is 6.07 Å². The minimum absolute atomic E-state index is 0.220. The van der Waals surface area contributed by atoms with E-state index in [4.69, 9.17) is 5.73 Å². The first-order chi connectivity index (χ1) is 8.74. The number of rotatable bonds is 2. The fraction of sp³-hybridized carbons (Fsp3) is 0. The lowest BCUT2D eigenvalue weighted by atomic mass is 10.1. The van der Waals surface area contributed by atoms with E-state index in [9.17, 15) is 4.79 Å². The average molecular weight is 259 g/mol. The van der Waals surface area contributed by atoms with Crippen molar-refractivity contribution in [3.63, 3.8) is 0 Å². The minimum Gasteiger partial charge on any atom is -0.399 e. The Kier molecular flexibility index (Phi) is 2.45. The molecule has 0 saturated carbocycles. The zero-order chi connectivity index (χ0) is 12.5. The maximum absolute atomic E-state index is 12.0. The lowest BCUT2D eigenvalue weighted by Gasteiger charge is -1.99. The monoisotopic (exact) mass is 259 g/mol. The Morgan fingerprint density at radius 1 is 1.44 bits per heavy atom. The van der Waals surface area contributed by atoms with Crippen LogP contribution in [-0.2, 0) is 0 Å². The lowest BCUT2D eigenvalue weighted by molar-refractivity contribution is 0.102. The number of nitrogen functional groups attached to an aromatic ring is 1. The molecule has 7 heteroatoms. The van der Waals surface area contributed by atoms with Gasteiger partial charge in [-0.25, -0.2) is 0 Å². The highest BCUT2D eigenvalue weighted by atomic mass is 32.1. The first-order valence-corrected chi connectivity index (χ1v) is 6.06. The van der Waals surface area contributed by atoms with Gasteiger partial charge in [0.05, 0.1) is 5.56 Å². The third-order valence-electron chi connectivity index (χ3n) is 2.53. The first-order valence-electron chi connectivity index (χ1n) is 5.18. The Hall–Kier alpha value is -2.41. The average Bonchev–Trinajstić information content (AvgIpc) is 2.97. The van der Waals surface area contributed by atoms with Crippen LogP contribution in [0.25, 0.3) is 10.9 Å². The van der Waals surface area contributed by atoms with Crippen molar-refractivity contribution in [2.45, 2.75) is 0 Å². The Balaban J connectivity index is 1.97. The molecule has 0 atom stereocenters. The van der Waals surface area contributed by atoms with Crippen LogP contribution in [0.5, 0.6) is 0 Å². The van der Waals surface area contributed by atoms with E-state index >= 15 is 0 Å². The predicted molar refractivity (Wildman–Crippen MR) is 70.6 cm³/mol. The van der Waals surface area contributed by atoms with Crippen LogP contribution in [0, 0.1) is 0 Å².